The highest BCUT2D eigenvalue weighted by Gasteiger charge is 2.15. The lowest BCUT2D eigenvalue weighted by Gasteiger charge is -2.11. The number of phenols is 1. The normalized spacial score (nSPS) is 10.8. The molecule has 0 aliphatic heterocycles. The van der Waals surface area contributed by atoms with E-state index in [0.29, 0.717) is 41.5 Å². The number of aryl methyl sites for hydroxylation is 1. The van der Waals surface area contributed by atoms with Crippen molar-refractivity contribution in [2.24, 2.45) is 0 Å². The molecule has 0 saturated carbocycles. The van der Waals surface area contributed by atoms with Crippen LogP contribution >= 0.6 is 0 Å². The largest absolute Gasteiger partial charge is 0.507 e. The fourth-order valence-electron chi connectivity index (χ4n) is 3.22. The first-order valence-electron chi connectivity index (χ1n) is 10.1. The van der Waals surface area contributed by atoms with E-state index in [9.17, 15) is 9.50 Å². The van der Waals surface area contributed by atoms with Crippen LogP contribution in [0.4, 0.5) is 4.39 Å². The Labute approximate surface area is 180 Å². The third-order valence-electron chi connectivity index (χ3n) is 4.98. The zero-order valence-corrected chi connectivity index (χ0v) is 17.1. The van der Waals surface area contributed by atoms with Crippen LogP contribution in [0.1, 0.15) is 18.1 Å². The lowest BCUT2D eigenvalue weighted by molar-refractivity contribution is 0.320. The molecule has 0 bridgehead atoms. The summed E-state index contributed by atoms with van der Waals surface area (Å²) in [5, 5.41) is 17.5. The van der Waals surface area contributed by atoms with Crippen molar-refractivity contribution in [1.82, 2.24) is 10.2 Å². The van der Waals surface area contributed by atoms with Gasteiger partial charge in [-0.1, -0.05) is 31.2 Å². The molecule has 0 spiro atoms. The van der Waals surface area contributed by atoms with E-state index in [1.807, 2.05) is 24.3 Å². The molecule has 6 heteroatoms. The molecule has 5 nitrogen and oxygen atoms in total. The van der Waals surface area contributed by atoms with Crippen molar-refractivity contribution >= 4 is 0 Å². The monoisotopic (exact) mass is 418 g/mol. The Hall–Kier alpha value is -3.80. The Morgan fingerprint density at radius 1 is 0.935 bits per heavy atom. The third-order valence-corrected chi connectivity index (χ3v) is 4.98. The van der Waals surface area contributed by atoms with E-state index in [-0.39, 0.29) is 11.6 Å². The van der Waals surface area contributed by atoms with Crippen LogP contribution < -0.4 is 9.47 Å². The summed E-state index contributed by atoms with van der Waals surface area (Å²) in [5.74, 6) is 1.55. The zero-order valence-electron chi connectivity index (χ0n) is 17.1. The number of rotatable bonds is 8. The molecule has 158 valence electrons. The Balaban J connectivity index is 1.43. The molecular formula is C25H23FN2O3. The van der Waals surface area contributed by atoms with Gasteiger partial charge in [0.2, 0.25) is 0 Å². The van der Waals surface area contributed by atoms with Gasteiger partial charge < -0.3 is 14.6 Å². The number of nitrogens with one attached hydrogen (secondary N) is 1. The van der Waals surface area contributed by atoms with Gasteiger partial charge in [-0.25, -0.2) is 4.39 Å². The summed E-state index contributed by atoms with van der Waals surface area (Å²) in [6, 6.07) is 19.3. The van der Waals surface area contributed by atoms with E-state index in [4.69, 9.17) is 9.47 Å². The van der Waals surface area contributed by atoms with Crippen molar-refractivity contribution in [2.75, 3.05) is 6.61 Å². The van der Waals surface area contributed by atoms with Gasteiger partial charge in [-0.15, -0.1) is 0 Å². The number of phenolic OH excluding ortho intramolecular Hbond substituents is 1. The van der Waals surface area contributed by atoms with Crippen LogP contribution in [0.2, 0.25) is 0 Å². The summed E-state index contributed by atoms with van der Waals surface area (Å²) in [5.41, 5.74) is 3.35. The van der Waals surface area contributed by atoms with E-state index >= 15 is 0 Å². The number of aromatic amines is 1. The van der Waals surface area contributed by atoms with Crippen LogP contribution in [-0.4, -0.2) is 21.9 Å². The lowest BCUT2D eigenvalue weighted by atomic mass is 10.1. The predicted molar refractivity (Wildman–Crippen MR) is 117 cm³/mol. The Morgan fingerprint density at radius 3 is 2.35 bits per heavy atom. The van der Waals surface area contributed by atoms with Gasteiger partial charge >= 0.3 is 0 Å². The van der Waals surface area contributed by atoms with Crippen LogP contribution in [0.15, 0.2) is 72.9 Å². The van der Waals surface area contributed by atoms with Gasteiger partial charge in [-0.05, 0) is 53.9 Å². The SMILES string of the molecule is CCc1ccc(Oc2cn[nH]c2-c2ccc(OCCc3ccc(F)cc3)cc2O)cc1. The van der Waals surface area contributed by atoms with Gasteiger partial charge in [-0.3, -0.25) is 5.10 Å². The average Bonchev–Trinajstić information content (AvgIpc) is 3.23. The Kier molecular flexibility index (Phi) is 6.17. The number of halogens is 1. The molecule has 31 heavy (non-hydrogen) atoms. The second-order valence-electron chi connectivity index (χ2n) is 7.11. The molecule has 0 radical (unpaired) electrons. The quantitative estimate of drug-likeness (QED) is 0.374. The first-order chi connectivity index (χ1) is 15.1. The predicted octanol–water partition coefficient (Wildman–Crippen LogP) is 5.90. The van der Waals surface area contributed by atoms with Crippen LogP contribution in [-0.2, 0) is 12.8 Å². The van der Waals surface area contributed by atoms with Crippen LogP contribution in [0, 0.1) is 5.82 Å². The lowest BCUT2D eigenvalue weighted by Crippen LogP contribution is -2.01. The van der Waals surface area contributed by atoms with Gasteiger partial charge in [0.15, 0.2) is 5.75 Å². The molecule has 4 aromatic rings. The molecule has 0 aliphatic carbocycles. The molecule has 0 fully saturated rings. The van der Waals surface area contributed by atoms with Gasteiger partial charge in [0.05, 0.1) is 12.8 Å². The maximum Gasteiger partial charge on any atom is 0.173 e. The summed E-state index contributed by atoms with van der Waals surface area (Å²) in [4.78, 5) is 0. The average molecular weight is 418 g/mol. The molecule has 0 aliphatic rings. The minimum Gasteiger partial charge on any atom is -0.507 e. The molecule has 0 unspecified atom stereocenters. The van der Waals surface area contributed by atoms with Crippen LogP contribution in [0.5, 0.6) is 23.0 Å². The van der Waals surface area contributed by atoms with Crippen molar-refractivity contribution in [2.45, 2.75) is 19.8 Å². The number of hydrogen-bond donors (Lipinski definition) is 2. The first-order valence-corrected chi connectivity index (χ1v) is 10.1. The van der Waals surface area contributed by atoms with Gasteiger partial charge in [0, 0.05) is 18.1 Å². The number of H-pyrrole nitrogens is 1. The zero-order chi connectivity index (χ0) is 21.6. The number of aromatic hydroxyl groups is 1. The van der Waals surface area contributed by atoms with Crippen molar-refractivity contribution in [3.8, 4) is 34.3 Å². The number of ether oxygens (including phenoxy) is 2. The minimum atomic E-state index is -0.259. The molecule has 0 amide bonds. The maximum absolute atomic E-state index is 13.0. The van der Waals surface area contributed by atoms with E-state index < -0.39 is 0 Å². The number of nitrogens with zero attached hydrogens (tertiary/aromatic N) is 1. The maximum atomic E-state index is 13.0. The molecule has 3 aromatic carbocycles. The van der Waals surface area contributed by atoms with Crippen LogP contribution in [0.3, 0.4) is 0 Å². The van der Waals surface area contributed by atoms with Crippen molar-refractivity contribution in [1.29, 1.82) is 0 Å². The topological polar surface area (TPSA) is 67.4 Å². The molecule has 0 atom stereocenters. The summed E-state index contributed by atoms with van der Waals surface area (Å²) < 4.78 is 24.7. The second-order valence-corrected chi connectivity index (χ2v) is 7.11. The van der Waals surface area contributed by atoms with E-state index in [0.717, 1.165) is 12.0 Å². The minimum absolute atomic E-state index is 0.0507. The third kappa shape index (κ3) is 5.04. The van der Waals surface area contributed by atoms with Crippen molar-refractivity contribution < 1.29 is 19.0 Å². The molecule has 4 rings (SSSR count). The summed E-state index contributed by atoms with van der Waals surface area (Å²) in [6.45, 7) is 2.51. The van der Waals surface area contributed by atoms with E-state index in [1.165, 1.54) is 17.7 Å². The first kappa shape index (κ1) is 20.5. The fraction of sp³-hybridized carbons (Fsp3) is 0.160. The van der Waals surface area contributed by atoms with Gasteiger partial charge in [-0.2, -0.15) is 5.10 Å². The molecule has 1 aromatic heterocycles. The van der Waals surface area contributed by atoms with E-state index in [2.05, 4.69) is 17.1 Å². The molecule has 1 heterocycles. The summed E-state index contributed by atoms with van der Waals surface area (Å²) in [6.07, 6.45) is 3.18. The molecule has 0 saturated heterocycles. The van der Waals surface area contributed by atoms with E-state index in [1.54, 1.807) is 36.5 Å². The fourth-order valence-corrected chi connectivity index (χ4v) is 3.22. The Morgan fingerprint density at radius 2 is 1.65 bits per heavy atom. The molecule has 2 N–H and O–H groups in total. The van der Waals surface area contributed by atoms with Gasteiger partial charge in [0.25, 0.3) is 0 Å². The Bertz CT molecular complexity index is 1140. The smallest absolute Gasteiger partial charge is 0.173 e. The highest BCUT2D eigenvalue weighted by atomic mass is 19.1. The highest BCUT2D eigenvalue weighted by molar-refractivity contribution is 5.73. The summed E-state index contributed by atoms with van der Waals surface area (Å²) in [7, 11) is 0. The van der Waals surface area contributed by atoms with Crippen LogP contribution in [0.25, 0.3) is 11.3 Å². The number of hydrogen-bond acceptors (Lipinski definition) is 4. The molecular weight excluding hydrogens is 395 g/mol. The highest BCUT2D eigenvalue weighted by Crippen LogP contribution is 2.38. The van der Waals surface area contributed by atoms with Gasteiger partial charge in [0.1, 0.15) is 28.8 Å². The van der Waals surface area contributed by atoms with Crippen molar-refractivity contribution in [3.05, 3.63) is 89.9 Å². The standard InChI is InChI=1S/C25H23FN2O3/c1-2-17-5-9-20(10-6-17)31-24-16-27-28-25(24)22-12-11-21(15-23(22)29)30-14-13-18-3-7-19(26)8-4-18/h3-12,15-16,29H,2,13-14H2,1H3,(H,27,28). The number of aromatic nitrogens is 2. The second kappa shape index (κ2) is 9.34. The number of benzene rings is 3. The summed E-state index contributed by atoms with van der Waals surface area (Å²) >= 11 is 0. The van der Waals surface area contributed by atoms with Crippen molar-refractivity contribution in [3.63, 3.8) is 0 Å².